The van der Waals surface area contributed by atoms with Crippen molar-refractivity contribution in [3.8, 4) is 5.75 Å². The fourth-order valence-corrected chi connectivity index (χ4v) is 5.19. The molecule has 0 bridgehead atoms. The second-order valence-corrected chi connectivity index (χ2v) is 9.71. The maximum absolute atomic E-state index is 12.6. The Morgan fingerprint density at radius 2 is 1.68 bits per heavy atom. The minimum Gasteiger partial charge on any atom is -0.490 e. The number of hydrogen-bond donors (Lipinski definition) is 0. The summed E-state index contributed by atoms with van der Waals surface area (Å²) in [4.78, 5) is 23.8. The van der Waals surface area contributed by atoms with Crippen LogP contribution < -0.4 is 4.74 Å². The predicted molar refractivity (Wildman–Crippen MR) is 130 cm³/mol. The Labute approximate surface area is 202 Å². The molecule has 3 aliphatic heterocycles. The third-order valence-electron chi connectivity index (χ3n) is 7.16. The fraction of sp³-hybridized carbons (Fsp3) is 0.556. The van der Waals surface area contributed by atoms with Gasteiger partial charge in [0, 0.05) is 84.2 Å². The molecule has 7 heteroatoms. The van der Waals surface area contributed by atoms with Gasteiger partial charge in [-0.05, 0) is 42.2 Å². The van der Waals surface area contributed by atoms with Crippen LogP contribution in [0.3, 0.4) is 0 Å². The number of hydrogen-bond acceptors (Lipinski definition) is 6. The van der Waals surface area contributed by atoms with Crippen LogP contribution in [0.15, 0.2) is 48.8 Å². The van der Waals surface area contributed by atoms with Gasteiger partial charge in [0.1, 0.15) is 18.0 Å². The standard InChI is InChI=1S/C27H36N4O3/c32-27(26-7-3-17-33-26)31-11-8-24(9-12-31)34-25-6-1-4-22(18-25)20-29-13-15-30(16-14-29)21-23-5-2-10-28-19-23/h1-2,4-6,10,18-19,24,26H,3,7-9,11-17,20-21H2. The molecule has 34 heavy (non-hydrogen) atoms. The van der Waals surface area contributed by atoms with E-state index in [1.165, 1.54) is 11.1 Å². The van der Waals surface area contributed by atoms with Crippen molar-refractivity contribution < 1.29 is 14.3 Å². The van der Waals surface area contributed by atoms with Crippen molar-refractivity contribution >= 4 is 5.91 Å². The Morgan fingerprint density at radius 3 is 2.35 bits per heavy atom. The van der Waals surface area contributed by atoms with Crippen LogP contribution in [0.4, 0.5) is 0 Å². The number of benzene rings is 1. The molecule has 1 aromatic carbocycles. The lowest BCUT2D eigenvalue weighted by atomic mass is 10.1. The highest BCUT2D eigenvalue weighted by atomic mass is 16.5. The molecule has 2 aromatic rings. The molecule has 0 aliphatic carbocycles. The second kappa shape index (κ2) is 11.3. The maximum Gasteiger partial charge on any atom is 0.251 e. The molecular weight excluding hydrogens is 428 g/mol. The van der Waals surface area contributed by atoms with Crippen LogP contribution in [-0.2, 0) is 22.6 Å². The van der Waals surface area contributed by atoms with E-state index in [4.69, 9.17) is 9.47 Å². The van der Waals surface area contributed by atoms with Gasteiger partial charge in [-0.1, -0.05) is 18.2 Å². The Hall–Kier alpha value is -2.48. The summed E-state index contributed by atoms with van der Waals surface area (Å²) in [6, 6.07) is 12.7. The highest BCUT2D eigenvalue weighted by Crippen LogP contribution is 2.23. The maximum atomic E-state index is 12.6. The number of amides is 1. The smallest absolute Gasteiger partial charge is 0.251 e. The summed E-state index contributed by atoms with van der Waals surface area (Å²) in [5.41, 5.74) is 2.58. The molecule has 3 fully saturated rings. The summed E-state index contributed by atoms with van der Waals surface area (Å²) in [5, 5.41) is 0. The van der Waals surface area contributed by atoms with Crippen molar-refractivity contribution in [1.29, 1.82) is 0 Å². The van der Waals surface area contributed by atoms with Gasteiger partial charge in [-0.2, -0.15) is 0 Å². The molecule has 4 heterocycles. The summed E-state index contributed by atoms with van der Waals surface area (Å²) in [6.45, 7) is 8.45. The van der Waals surface area contributed by atoms with E-state index in [0.29, 0.717) is 6.61 Å². The van der Waals surface area contributed by atoms with E-state index in [9.17, 15) is 4.79 Å². The number of aromatic nitrogens is 1. The molecule has 0 spiro atoms. The van der Waals surface area contributed by atoms with Gasteiger partial charge in [0.05, 0.1) is 0 Å². The van der Waals surface area contributed by atoms with Gasteiger partial charge >= 0.3 is 0 Å². The van der Waals surface area contributed by atoms with Crippen molar-refractivity contribution in [2.24, 2.45) is 0 Å². The zero-order chi connectivity index (χ0) is 23.2. The second-order valence-electron chi connectivity index (χ2n) is 9.71. The highest BCUT2D eigenvalue weighted by molar-refractivity contribution is 5.81. The Balaban J connectivity index is 1.06. The van der Waals surface area contributed by atoms with Gasteiger partial charge in [-0.25, -0.2) is 0 Å². The first-order valence-corrected chi connectivity index (χ1v) is 12.7. The zero-order valence-corrected chi connectivity index (χ0v) is 20.0. The van der Waals surface area contributed by atoms with Gasteiger partial charge in [0.25, 0.3) is 5.91 Å². The normalized spacial score (nSPS) is 22.7. The molecule has 0 radical (unpaired) electrons. The Kier molecular flexibility index (Phi) is 7.73. The van der Waals surface area contributed by atoms with Crippen molar-refractivity contribution in [2.75, 3.05) is 45.9 Å². The Morgan fingerprint density at radius 1 is 0.941 bits per heavy atom. The first-order valence-electron chi connectivity index (χ1n) is 12.7. The van der Waals surface area contributed by atoms with Crippen LogP contribution >= 0.6 is 0 Å². The van der Waals surface area contributed by atoms with E-state index >= 15 is 0 Å². The van der Waals surface area contributed by atoms with Gasteiger partial charge < -0.3 is 14.4 Å². The predicted octanol–water partition coefficient (Wildman–Crippen LogP) is 2.95. The molecule has 3 aliphatic rings. The summed E-state index contributed by atoms with van der Waals surface area (Å²) in [7, 11) is 0. The molecule has 0 N–H and O–H groups in total. The Bertz CT molecular complexity index is 918. The van der Waals surface area contributed by atoms with E-state index in [1.807, 2.05) is 23.4 Å². The third kappa shape index (κ3) is 6.14. The SMILES string of the molecule is O=C(C1CCCO1)N1CCC(Oc2cccc(CN3CCN(Cc4cccnc4)CC3)c2)CC1. The quantitative estimate of drug-likeness (QED) is 0.628. The van der Waals surface area contributed by atoms with Crippen molar-refractivity contribution in [3.05, 3.63) is 59.9 Å². The number of pyridine rings is 1. The van der Waals surface area contributed by atoms with Gasteiger partial charge in [-0.3, -0.25) is 19.6 Å². The van der Waals surface area contributed by atoms with Crippen molar-refractivity contribution in [1.82, 2.24) is 19.7 Å². The van der Waals surface area contributed by atoms with Crippen LogP contribution in [-0.4, -0.2) is 83.7 Å². The topological polar surface area (TPSA) is 58.1 Å². The van der Waals surface area contributed by atoms with Crippen LogP contribution in [0.2, 0.25) is 0 Å². The van der Waals surface area contributed by atoms with Gasteiger partial charge in [0.15, 0.2) is 0 Å². The van der Waals surface area contributed by atoms with Crippen LogP contribution in [0.5, 0.6) is 5.75 Å². The first kappa shape index (κ1) is 23.3. The summed E-state index contributed by atoms with van der Waals surface area (Å²) >= 11 is 0. The van der Waals surface area contributed by atoms with Gasteiger partial charge in [0.2, 0.25) is 0 Å². The lowest BCUT2D eigenvalue weighted by molar-refractivity contribution is -0.142. The van der Waals surface area contributed by atoms with Crippen LogP contribution in [0.1, 0.15) is 36.8 Å². The molecule has 182 valence electrons. The number of nitrogens with zero attached hydrogens (tertiary/aromatic N) is 4. The van der Waals surface area contributed by atoms with E-state index in [1.54, 1.807) is 0 Å². The van der Waals surface area contributed by atoms with E-state index in [-0.39, 0.29) is 18.1 Å². The van der Waals surface area contributed by atoms with Gasteiger partial charge in [-0.15, -0.1) is 0 Å². The largest absolute Gasteiger partial charge is 0.490 e. The number of carbonyl (C=O) groups is 1. The molecule has 1 amide bonds. The molecule has 3 saturated heterocycles. The third-order valence-corrected chi connectivity index (χ3v) is 7.16. The van der Waals surface area contributed by atoms with E-state index in [2.05, 4.69) is 45.1 Å². The van der Waals surface area contributed by atoms with E-state index in [0.717, 1.165) is 83.8 Å². The summed E-state index contributed by atoms with van der Waals surface area (Å²) in [6.07, 6.45) is 7.35. The lowest BCUT2D eigenvalue weighted by Gasteiger charge is -2.35. The number of piperazine rings is 1. The summed E-state index contributed by atoms with van der Waals surface area (Å²) in [5.74, 6) is 1.11. The minimum atomic E-state index is -0.216. The number of rotatable bonds is 7. The highest BCUT2D eigenvalue weighted by Gasteiger charge is 2.31. The number of likely N-dealkylation sites (tertiary alicyclic amines) is 1. The lowest BCUT2D eigenvalue weighted by Crippen LogP contribution is -2.46. The molecule has 5 rings (SSSR count). The molecule has 0 saturated carbocycles. The average molecular weight is 465 g/mol. The number of ether oxygens (including phenoxy) is 2. The number of carbonyl (C=O) groups excluding carboxylic acids is 1. The van der Waals surface area contributed by atoms with Crippen molar-refractivity contribution in [3.63, 3.8) is 0 Å². The van der Waals surface area contributed by atoms with Crippen LogP contribution in [0.25, 0.3) is 0 Å². The zero-order valence-electron chi connectivity index (χ0n) is 20.0. The average Bonchev–Trinajstić information content (AvgIpc) is 3.41. The number of piperidine rings is 1. The minimum absolute atomic E-state index is 0.165. The molecular formula is C27H36N4O3. The molecule has 1 atom stereocenters. The summed E-state index contributed by atoms with van der Waals surface area (Å²) < 4.78 is 11.9. The monoisotopic (exact) mass is 464 g/mol. The van der Waals surface area contributed by atoms with Crippen LogP contribution in [0, 0.1) is 0 Å². The molecule has 7 nitrogen and oxygen atoms in total. The fourth-order valence-electron chi connectivity index (χ4n) is 5.19. The molecule has 1 unspecified atom stereocenters. The molecule has 1 aromatic heterocycles. The van der Waals surface area contributed by atoms with E-state index < -0.39 is 0 Å². The van der Waals surface area contributed by atoms with Crippen molar-refractivity contribution in [2.45, 2.75) is 51.0 Å². The first-order chi connectivity index (χ1) is 16.7.